The SMILES string of the molecule is CCCCC/C=C/CCCCCCCC(=O)O[C@@H](COC(=O)CCCCCCCCCCCCCCCCCCCCCCC)CO[C@H]1O[C@@H](CO)[C@@H](O)C(O)C1O. The summed E-state index contributed by atoms with van der Waals surface area (Å²) in [5, 5.41) is 40.1. The van der Waals surface area contributed by atoms with Crippen molar-refractivity contribution in [3.63, 3.8) is 0 Å². The number of allylic oxidation sites excluding steroid dienone is 2. The number of aliphatic hydroxyl groups excluding tert-OH is 4. The third-order valence-corrected chi connectivity index (χ3v) is 11.4. The van der Waals surface area contributed by atoms with Crippen LogP contribution < -0.4 is 0 Å². The van der Waals surface area contributed by atoms with E-state index in [9.17, 15) is 30.0 Å². The van der Waals surface area contributed by atoms with Crippen LogP contribution in [0.1, 0.15) is 226 Å². The van der Waals surface area contributed by atoms with Crippen molar-refractivity contribution >= 4 is 11.9 Å². The van der Waals surface area contributed by atoms with Crippen LogP contribution in [0.2, 0.25) is 0 Å². The lowest BCUT2D eigenvalue weighted by Crippen LogP contribution is -2.59. The van der Waals surface area contributed by atoms with Gasteiger partial charge in [-0.05, 0) is 38.5 Å². The molecule has 0 aromatic carbocycles. The van der Waals surface area contributed by atoms with E-state index in [-0.39, 0.29) is 32.0 Å². The van der Waals surface area contributed by atoms with Crippen molar-refractivity contribution in [2.75, 3.05) is 19.8 Å². The highest BCUT2D eigenvalue weighted by Gasteiger charge is 2.44. The summed E-state index contributed by atoms with van der Waals surface area (Å²) in [5.41, 5.74) is 0. The first-order chi connectivity index (χ1) is 28.3. The van der Waals surface area contributed by atoms with Crippen LogP contribution in [0, 0.1) is 0 Å². The fourth-order valence-electron chi connectivity index (χ4n) is 7.54. The van der Waals surface area contributed by atoms with E-state index < -0.39 is 49.4 Å². The van der Waals surface area contributed by atoms with Crippen LogP contribution in [-0.2, 0) is 28.5 Å². The Hall–Kier alpha value is -1.56. The van der Waals surface area contributed by atoms with Gasteiger partial charge in [-0.2, -0.15) is 0 Å². The molecule has 0 spiro atoms. The number of ether oxygens (including phenoxy) is 4. The normalized spacial score (nSPS) is 20.1. The zero-order valence-corrected chi connectivity index (χ0v) is 37.3. The van der Waals surface area contributed by atoms with Gasteiger partial charge in [-0.3, -0.25) is 9.59 Å². The number of carbonyl (C=O) groups is 2. The molecule has 1 aliphatic heterocycles. The van der Waals surface area contributed by atoms with Crippen molar-refractivity contribution in [2.24, 2.45) is 0 Å². The van der Waals surface area contributed by atoms with Gasteiger partial charge in [0.25, 0.3) is 0 Å². The Morgan fingerprint density at radius 1 is 0.517 bits per heavy atom. The van der Waals surface area contributed by atoms with Crippen molar-refractivity contribution in [1.29, 1.82) is 0 Å². The van der Waals surface area contributed by atoms with Crippen LogP contribution in [0.3, 0.4) is 0 Å². The van der Waals surface area contributed by atoms with Gasteiger partial charge in [-0.1, -0.05) is 187 Å². The summed E-state index contributed by atoms with van der Waals surface area (Å²) >= 11 is 0. The Bertz CT molecular complexity index is 959. The highest BCUT2D eigenvalue weighted by atomic mass is 16.7. The predicted octanol–water partition coefficient (Wildman–Crippen LogP) is 10.7. The monoisotopic (exact) mass is 827 g/mol. The first-order valence-corrected chi connectivity index (χ1v) is 24.3. The first-order valence-electron chi connectivity index (χ1n) is 24.3. The molecule has 1 heterocycles. The largest absolute Gasteiger partial charge is 0.462 e. The predicted molar refractivity (Wildman–Crippen MR) is 233 cm³/mol. The number of rotatable bonds is 41. The molecule has 0 amide bonds. The van der Waals surface area contributed by atoms with Gasteiger partial charge in [0, 0.05) is 12.8 Å². The maximum Gasteiger partial charge on any atom is 0.306 e. The minimum Gasteiger partial charge on any atom is -0.462 e. The van der Waals surface area contributed by atoms with Gasteiger partial charge in [0.15, 0.2) is 12.4 Å². The minimum atomic E-state index is -1.59. The maximum atomic E-state index is 12.7. The van der Waals surface area contributed by atoms with E-state index in [0.717, 1.165) is 57.8 Å². The quantitative estimate of drug-likeness (QED) is 0.0266. The molecular weight excluding hydrogens is 737 g/mol. The van der Waals surface area contributed by atoms with Gasteiger partial charge in [0.1, 0.15) is 31.0 Å². The zero-order valence-electron chi connectivity index (χ0n) is 37.3. The number of hydrogen-bond donors (Lipinski definition) is 4. The highest BCUT2D eigenvalue weighted by Crippen LogP contribution is 2.23. The molecule has 1 aliphatic rings. The smallest absolute Gasteiger partial charge is 0.306 e. The van der Waals surface area contributed by atoms with E-state index in [1.807, 2.05) is 0 Å². The van der Waals surface area contributed by atoms with E-state index in [2.05, 4.69) is 26.0 Å². The molecule has 4 N–H and O–H groups in total. The summed E-state index contributed by atoms with van der Waals surface area (Å²) in [6.07, 6.45) is 35.1. The number of esters is 2. The summed E-state index contributed by atoms with van der Waals surface area (Å²) in [6, 6.07) is 0. The lowest BCUT2D eigenvalue weighted by molar-refractivity contribution is -0.305. The highest BCUT2D eigenvalue weighted by molar-refractivity contribution is 5.70. The molecule has 0 radical (unpaired) electrons. The summed E-state index contributed by atoms with van der Waals surface area (Å²) in [7, 11) is 0. The second kappa shape index (κ2) is 39.6. The van der Waals surface area contributed by atoms with Gasteiger partial charge in [0.2, 0.25) is 0 Å². The van der Waals surface area contributed by atoms with Crippen LogP contribution in [0.15, 0.2) is 12.2 Å². The Labute approximate surface area is 354 Å². The van der Waals surface area contributed by atoms with Gasteiger partial charge in [0.05, 0.1) is 13.2 Å². The summed E-state index contributed by atoms with van der Waals surface area (Å²) in [5.74, 6) is -0.805. The van der Waals surface area contributed by atoms with Crippen molar-refractivity contribution < 1.29 is 49.0 Å². The van der Waals surface area contributed by atoms with Crippen molar-refractivity contribution in [3.05, 3.63) is 12.2 Å². The standard InChI is InChI=1S/C48H90O10/c1-3-5-7-9-11-13-15-17-18-19-20-21-22-23-24-25-27-28-30-32-34-36-43(50)55-39-41(40-56-48-47(54)46(53)45(52)42(38-49)58-48)57-44(51)37-35-33-31-29-26-16-14-12-10-8-6-4-2/h12,14,41-42,45-49,52-54H,3-11,13,15-40H2,1-2H3/b14-12+/t41-,42-,45+,46?,47?,48-/m0/s1. The Morgan fingerprint density at radius 3 is 1.38 bits per heavy atom. The molecule has 0 aromatic heterocycles. The van der Waals surface area contributed by atoms with Crippen LogP contribution in [0.5, 0.6) is 0 Å². The van der Waals surface area contributed by atoms with Crippen molar-refractivity contribution in [1.82, 2.24) is 0 Å². The number of hydrogen-bond acceptors (Lipinski definition) is 10. The average Bonchev–Trinajstić information content (AvgIpc) is 3.22. The van der Waals surface area contributed by atoms with E-state index in [0.29, 0.717) is 6.42 Å². The molecule has 2 unspecified atom stereocenters. The molecule has 0 aromatic rings. The molecule has 10 nitrogen and oxygen atoms in total. The Balaban J connectivity index is 2.23. The average molecular weight is 827 g/mol. The number of unbranched alkanes of at least 4 members (excludes halogenated alkanes) is 28. The Kier molecular flexibility index (Phi) is 37.2. The van der Waals surface area contributed by atoms with Crippen LogP contribution in [0.4, 0.5) is 0 Å². The van der Waals surface area contributed by atoms with Gasteiger partial charge >= 0.3 is 11.9 Å². The number of carbonyl (C=O) groups excluding carboxylic acids is 2. The van der Waals surface area contributed by atoms with Crippen LogP contribution >= 0.6 is 0 Å². The maximum absolute atomic E-state index is 12.7. The van der Waals surface area contributed by atoms with Gasteiger partial charge in [-0.25, -0.2) is 0 Å². The third-order valence-electron chi connectivity index (χ3n) is 11.4. The Morgan fingerprint density at radius 2 is 0.914 bits per heavy atom. The topological polar surface area (TPSA) is 152 Å². The van der Waals surface area contributed by atoms with Crippen molar-refractivity contribution in [3.8, 4) is 0 Å². The molecule has 1 fully saturated rings. The van der Waals surface area contributed by atoms with Gasteiger partial charge < -0.3 is 39.4 Å². The molecule has 10 heteroatoms. The zero-order chi connectivity index (χ0) is 42.3. The molecule has 0 aliphatic carbocycles. The molecule has 342 valence electrons. The summed E-state index contributed by atoms with van der Waals surface area (Å²) in [6.45, 7) is 3.42. The molecule has 0 bridgehead atoms. The van der Waals surface area contributed by atoms with Crippen LogP contribution in [-0.4, -0.2) is 89.0 Å². The fourth-order valence-corrected chi connectivity index (χ4v) is 7.54. The van der Waals surface area contributed by atoms with Gasteiger partial charge in [-0.15, -0.1) is 0 Å². The van der Waals surface area contributed by atoms with E-state index in [1.54, 1.807) is 0 Å². The van der Waals surface area contributed by atoms with E-state index in [1.165, 1.54) is 135 Å². The van der Waals surface area contributed by atoms with E-state index >= 15 is 0 Å². The molecule has 58 heavy (non-hydrogen) atoms. The molecule has 1 rings (SSSR count). The number of aliphatic hydroxyl groups is 4. The summed E-state index contributed by atoms with van der Waals surface area (Å²) < 4.78 is 22.2. The molecule has 0 saturated carbocycles. The lowest BCUT2D eigenvalue weighted by atomic mass is 9.99. The molecule has 1 saturated heterocycles. The lowest BCUT2D eigenvalue weighted by Gasteiger charge is -2.39. The molecular formula is C48H90O10. The minimum absolute atomic E-state index is 0.215. The second-order valence-corrected chi connectivity index (χ2v) is 16.9. The molecule has 6 atom stereocenters. The van der Waals surface area contributed by atoms with Crippen LogP contribution in [0.25, 0.3) is 0 Å². The second-order valence-electron chi connectivity index (χ2n) is 16.9. The first kappa shape index (κ1) is 54.5. The fraction of sp³-hybridized carbons (Fsp3) is 0.917. The third kappa shape index (κ3) is 30.5. The van der Waals surface area contributed by atoms with Crippen molar-refractivity contribution in [2.45, 2.75) is 263 Å². The van der Waals surface area contributed by atoms with E-state index in [4.69, 9.17) is 18.9 Å². The summed E-state index contributed by atoms with van der Waals surface area (Å²) in [4.78, 5) is 25.3.